The number of allylic oxidation sites excluding steroid dienone is 2. The van der Waals surface area contributed by atoms with Gasteiger partial charge in [-0.25, -0.2) is 0 Å². The highest BCUT2D eigenvalue weighted by molar-refractivity contribution is 6.30. The molecule has 0 aliphatic carbocycles. The first-order valence-corrected chi connectivity index (χ1v) is 4.19. The van der Waals surface area contributed by atoms with Crippen LogP contribution in [-0.2, 0) is 0 Å². The predicted octanol–water partition coefficient (Wildman–Crippen LogP) is 3.18. The van der Waals surface area contributed by atoms with Crippen LogP contribution in [0.1, 0.15) is 6.92 Å². The largest absolute Gasteiger partial charge is 0.359 e. The van der Waals surface area contributed by atoms with Crippen molar-refractivity contribution in [1.29, 1.82) is 5.26 Å². The Balaban J connectivity index is 2.76. The Morgan fingerprint density at radius 2 is 2.38 bits per heavy atom. The van der Waals surface area contributed by atoms with Crippen molar-refractivity contribution in [1.82, 2.24) is 0 Å². The van der Waals surface area contributed by atoms with Crippen LogP contribution in [0.15, 0.2) is 36.0 Å². The van der Waals surface area contributed by atoms with Gasteiger partial charge < -0.3 is 5.32 Å². The summed E-state index contributed by atoms with van der Waals surface area (Å²) < 4.78 is 0. The molecule has 0 amide bonds. The Kier molecular flexibility index (Phi) is 3.36. The lowest BCUT2D eigenvalue weighted by Crippen LogP contribution is -1.94. The van der Waals surface area contributed by atoms with Gasteiger partial charge in [0.2, 0.25) is 0 Å². The molecular weight excluding hydrogens is 184 g/mol. The molecule has 0 aliphatic rings. The number of nitriles is 1. The summed E-state index contributed by atoms with van der Waals surface area (Å²) in [6.07, 6.45) is 1.45. The number of nitrogens with one attached hydrogen (secondary N) is 1. The van der Waals surface area contributed by atoms with Crippen LogP contribution in [0.4, 0.5) is 5.69 Å². The maximum absolute atomic E-state index is 8.38. The first-order chi connectivity index (χ1) is 6.22. The fourth-order valence-electron chi connectivity index (χ4n) is 0.927. The molecule has 0 spiro atoms. The molecule has 0 bridgehead atoms. The predicted molar refractivity (Wildman–Crippen MR) is 54.4 cm³/mol. The summed E-state index contributed by atoms with van der Waals surface area (Å²) in [5, 5.41) is 12.1. The first kappa shape index (κ1) is 9.63. The molecular formula is C10H9ClN2. The number of hydrogen-bond acceptors (Lipinski definition) is 2. The third kappa shape index (κ3) is 3.18. The Bertz CT molecular complexity index is 363. The highest BCUT2D eigenvalue weighted by atomic mass is 35.5. The van der Waals surface area contributed by atoms with E-state index in [9.17, 15) is 0 Å². The van der Waals surface area contributed by atoms with Crippen LogP contribution in [0.25, 0.3) is 0 Å². The molecule has 1 aromatic rings. The van der Waals surface area contributed by atoms with Crippen LogP contribution < -0.4 is 5.32 Å². The molecule has 2 nitrogen and oxygen atoms in total. The number of rotatable bonds is 2. The molecule has 1 rings (SSSR count). The van der Waals surface area contributed by atoms with E-state index in [1.165, 1.54) is 6.08 Å². The van der Waals surface area contributed by atoms with E-state index >= 15 is 0 Å². The summed E-state index contributed by atoms with van der Waals surface area (Å²) in [4.78, 5) is 0. The van der Waals surface area contributed by atoms with Crippen molar-refractivity contribution in [3.63, 3.8) is 0 Å². The van der Waals surface area contributed by atoms with Crippen molar-refractivity contribution in [2.24, 2.45) is 0 Å². The molecule has 66 valence electrons. The minimum Gasteiger partial charge on any atom is -0.359 e. The Labute approximate surface area is 82.4 Å². The van der Waals surface area contributed by atoms with Gasteiger partial charge in [0.05, 0.1) is 6.07 Å². The molecule has 1 aromatic carbocycles. The highest BCUT2D eigenvalue weighted by Gasteiger charge is 1.92. The van der Waals surface area contributed by atoms with E-state index in [-0.39, 0.29) is 0 Å². The Morgan fingerprint density at radius 3 is 3.00 bits per heavy atom. The van der Waals surface area contributed by atoms with E-state index in [4.69, 9.17) is 16.9 Å². The number of hydrogen-bond donors (Lipinski definition) is 1. The van der Waals surface area contributed by atoms with Crippen LogP contribution in [-0.4, -0.2) is 0 Å². The van der Waals surface area contributed by atoms with E-state index in [0.717, 1.165) is 11.4 Å². The third-order valence-corrected chi connectivity index (χ3v) is 1.68. The summed E-state index contributed by atoms with van der Waals surface area (Å²) in [7, 11) is 0. The van der Waals surface area contributed by atoms with Gasteiger partial charge in [0, 0.05) is 22.5 Å². The van der Waals surface area contributed by atoms with Gasteiger partial charge >= 0.3 is 0 Å². The highest BCUT2D eigenvalue weighted by Crippen LogP contribution is 2.16. The van der Waals surface area contributed by atoms with Gasteiger partial charge in [-0.3, -0.25) is 0 Å². The molecule has 13 heavy (non-hydrogen) atoms. The molecule has 0 aromatic heterocycles. The molecule has 0 saturated heterocycles. The van der Waals surface area contributed by atoms with Gasteiger partial charge in [-0.1, -0.05) is 17.7 Å². The fourth-order valence-corrected chi connectivity index (χ4v) is 1.12. The summed E-state index contributed by atoms with van der Waals surface area (Å²) in [6.45, 7) is 1.82. The molecule has 3 heteroatoms. The number of halogens is 1. The maximum atomic E-state index is 8.38. The van der Waals surface area contributed by atoms with Gasteiger partial charge in [0.15, 0.2) is 0 Å². The smallest absolute Gasteiger partial charge is 0.0930 e. The number of nitrogens with zero attached hydrogens (tertiary/aromatic N) is 1. The number of anilines is 1. The first-order valence-electron chi connectivity index (χ1n) is 3.81. The van der Waals surface area contributed by atoms with Gasteiger partial charge in [-0.2, -0.15) is 5.26 Å². The summed E-state index contributed by atoms with van der Waals surface area (Å²) in [5.41, 5.74) is 1.68. The molecule has 0 unspecified atom stereocenters. The van der Waals surface area contributed by atoms with Crippen molar-refractivity contribution in [2.75, 3.05) is 5.32 Å². The molecule has 0 fully saturated rings. The molecule has 0 radical (unpaired) electrons. The lowest BCUT2D eigenvalue weighted by Gasteiger charge is -2.04. The topological polar surface area (TPSA) is 35.8 Å². The Morgan fingerprint density at radius 1 is 1.62 bits per heavy atom. The lowest BCUT2D eigenvalue weighted by atomic mass is 10.3. The zero-order valence-electron chi connectivity index (χ0n) is 7.21. The van der Waals surface area contributed by atoms with Crippen LogP contribution in [0, 0.1) is 11.3 Å². The SMILES string of the molecule is CC(=CC#N)Nc1cccc(Cl)c1. The summed E-state index contributed by atoms with van der Waals surface area (Å²) >= 11 is 5.78. The minimum atomic E-state index is 0.676. The minimum absolute atomic E-state index is 0.676. The van der Waals surface area contributed by atoms with Gasteiger partial charge in [-0.05, 0) is 25.1 Å². The monoisotopic (exact) mass is 192 g/mol. The van der Waals surface area contributed by atoms with Crippen molar-refractivity contribution < 1.29 is 0 Å². The fraction of sp³-hybridized carbons (Fsp3) is 0.100. The average Bonchev–Trinajstić information content (AvgIpc) is 2.04. The molecule has 0 atom stereocenters. The quantitative estimate of drug-likeness (QED) is 0.731. The van der Waals surface area contributed by atoms with E-state index in [2.05, 4.69) is 5.32 Å². The van der Waals surface area contributed by atoms with Gasteiger partial charge in [0.25, 0.3) is 0 Å². The second-order valence-electron chi connectivity index (χ2n) is 2.59. The second kappa shape index (κ2) is 4.54. The van der Waals surface area contributed by atoms with Crippen molar-refractivity contribution >= 4 is 17.3 Å². The maximum Gasteiger partial charge on any atom is 0.0930 e. The molecule has 0 heterocycles. The van der Waals surface area contributed by atoms with Crippen LogP contribution in [0.2, 0.25) is 5.02 Å². The van der Waals surface area contributed by atoms with E-state index in [1.807, 2.05) is 25.1 Å². The zero-order valence-corrected chi connectivity index (χ0v) is 7.97. The van der Waals surface area contributed by atoms with E-state index < -0.39 is 0 Å². The van der Waals surface area contributed by atoms with Gasteiger partial charge in [-0.15, -0.1) is 0 Å². The third-order valence-electron chi connectivity index (χ3n) is 1.45. The summed E-state index contributed by atoms with van der Waals surface area (Å²) in [5.74, 6) is 0. The van der Waals surface area contributed by atoms with Crippen molar-refractivity contribution in [2.45, 2.75) is 6.92 Å². The van der Waals surface area contributed by atoms with Gasteiger partial charge in [0.1, 0.15) is 0 Å². The van der Waals surface area contributed by atoms with Crippen LogP contribution in [0.3, 0.4) is 0 Å². The van der Waals surface area contributed by atoms with Crippen LogP contribution in [0.5, 0.6) is 0 Å². The number of benzene rings is 1. The average molecular weight is 193 g/mol. The normalized spacial score (nSPS) is 10.7. The standard InChI is InChI=1S/C10H9ClN2/c1-8(5-6-12)13-10-4-2-3-9(11)7-10/h2-5,7,13H,1H3. The molecule has 1 N–H and O–H groups in total. The summed E-state index contributed by atoms with van der Waals surface area (Å²) in [6, 6.07) is 9.29. The van der Waals surface area contributed by atoms with E-state index in [0.29, 0.717) is 5.02 Å². The van der Waals surface area contributed by atoms with Crippen molar-refractivity contribution in [3.05, 3.63) is 41.1 Å². The lowest BCUT2D eigenvalue weighted by molar-refractivity contribution is 1.37. The Hall–Kier alpha value is -1.46. The molecule has 0 aliphatic heterocycles. The van der Waals surface area contributed by atoms with E-state index in [1.54, 1.807) is 12.1 Å². The zero-order chi connectivity index (χ0) is 9.68. The van der Waals surface area contributed by atoms with Crippen LogP contribution >= 0.6 is 11.6 Å². The second-order valence-corrected chi connectivity index (χ2v) is 3.03. The van der Waals surface area contributed by atoms with Crippen molar-refractivity contribution in [3.8, 4) is 6.07 Å². The molecule has 0 saturated carbocycles.